The molecule has 1 atom stereocenters. The molecule has 2 fully saturated rings. The first-order chi connectivity index (χ1) is 9.73. The van der Waals surface area contributed by atoms with Crippen molar-refractivity contribution >= 4 is 6.03 Å². The molecule has 2 amide bonds. The molecule has 0 spiro atoms. The lowest BCUT2D eigenvalue weighted by Crippen LogP contribution is -2.56. The van der Waals surface area contributed by atoms with Crippen LogP contribution < -0.4 is 5.32 Å². The molecule has 2 aliphatic heterocycles. The van der Waals surface area contributed by atoms with Crippen molar-refractivity contribution in [3.63, 3.8) is 0 Å². The smallest absolute Gasteiger partial charge is 0.380 e. The lowest BCUT2D eigenvalue weighted by molar-refractivity contribution is -0.271. The Balaban J connectivity index is 1.78. The highest BCUT2D eigenvalue weighted by Gasteiger charge is 2.54. The number of hydrogen-bond acceptors (Lipinski definition) is 3. The second-order valence-corrected chi connectivity index (χ2v) is 5.98. The molecule has 0 bridgehead atoms. The van der Waals surface area contributed by atoms with Crippen LogP contribution in [0.1, 0.15) is 25.7 Å². The van der Waals surface area contributed by atoms with Crippen LogP contribution >= 0.6 is 0 Å². The fourth-order valence-corrected chi connectivity index (χ4v) is 2.92. The van der Waals surface area contributed by atoms with Gasteiger partial charge >= 0.3 is 12.2 Å². The Morgan fingerprint density at radius 1 is 1.33 bits per heavy atom. The fourth-order valence-electron chi connectivity index (χ4n) is 2.92. The Labute approximate surface area is 122 Å². The van der Waals surface area contributed by atoms with E-state index in [9.17, 15) is 23.1 Å². The van der Waals surface area contributed by atoms with E-state index in [1.165, 1.54) is 4.90 Å². The molecule has 5 nitrogen and oxygen atoms in total. The Bertz CT molecular complexity index is 381. The second-order valence-electron chi connectivity index (χ2n) is 5.98. The van der Waals surface area contributed by atoms with Crippen molar-refractivity contribution in [2.75, 3.05) is 33.2 Å². The highest BCUT2D eigenvalue weighted by atomic mass is 19.4. The number of likely N-dealkylation sites (tertiary alicyclic amines) is 2. The standard InChI is InChI=1S/C13H22F3N3O2/c1-18-6-2-3-10(18)9-17-11(20)19-7-4-12(21,5-8-19)13(14,15)16/h10,21H,2-9H2,1H3,(H,17,20). The zero-order valence-electron chi connectivity index (χ0n) is 12.1. The van der Waals surface area contributed by atoms with Crippen LogP contribution in [0.2, 0.25) is 0 Å². The van der Waals surface area contributed by atoms with Crippen molar-refractivity contribution in [3.05, 3.63) is 0 Å². The van der Waals surface area contributed by atoms with Gasteiger partial charge in [0.05, 0.1) is 0 Å². The van der Waals surface area contributed by atoms with Crippen LogP contribution in [0.15, 0.2) is 0 Å². The average Bonchev–Trinajstić information content (AvgIpc) is 2.81. The zero-order valence-corrected chi connectivity index (χ0v) is 12.1. The minimum Gasteiger partial charge on any atom is -0.380 e. The maximum atomic E-state index is 12.7. The summed E-state index contributed by atoms with van der Waals surface area (Å²) in [5.41, 5.74) is -2.66. The van der Waals surface area contributed by atoms with E-state index in [0.29, 0.717) is 12.6 Å². The Morgan fingerprint density at radius 2 is 1.95 bits per heavy atom. The summed E-state index contributed by atoms with van der Waals surface area (Å²) in [4.78, 5) is 15.5. The molecule has 2 saturated heterocycles. The Hall–Kier alpha value is -1.02. The van der Waals surface area contributed by atoms with E-state index in [4.69, 9.17) is 0 Å². The molecule has 8 heteroatoms. The van der Waals surface area contributed by atoms with Crippen LogP contribution in [-0.2, 0) is 0 Å². The van der Waals surface area contributed by atoms with Gasteiger partial charge in [0.1, 0.15) is 0 Å². The third-order valence-corrected chi connectivity index (χ3v) is 4.57. The number of piperidine rings is 1. The molecule has 2 aliphatic rings. The van der Waals surface area contributed by atoms with Crippen molar-refractivity contribution in [2.45, 2.75) is 43.5 Å². The highest BCUT2D eigenvalue weighted by molar-refractivity contribution is 5.74. The van der Waals surface area contributed by atoms with Gasteiger partial charge in [0, 0.05) is 38.5 Å². The summed E-state index contributed by atoms with van der Waals surface area (Å²) >= 11 is 0. The van der Waals surface area contributed by atoms with E-state index in [0.717, 1.165) is 19.4 Å². The van der Waals surface area contributed by atoms with Gasteiger partial charge in [0.2, 0.25) is 0 Å². The quantitative estimate of drug-likeness (QED) is 0.805. The first kappa shape index (κ1) is 16.4. The molecule has 0 saturated carbocycles. The fraction of sp³-hybridized carbons (Fsp3) is 0.923. The van der Waals surface area contributed by atoms with E-state index in [-0.39, 0.29) is 19.1 Å². The summed E-state index contributed by atoms with van der Waals surface area (Å²) in [5, 5.41) is 12.3. The summed E-state index contributed by atoms with van der Waals surface area (Å²) in [6.45, 7) is 1.35. The monoisotopic (exact) mass is 309 g/mol. The summed E-state index contributed by atoms with van der Waals surface area (Å²) in [6.07, 6.45) is -3.45. The second kappa shape index (κ2) is 6.00. The molecule has 2 N–H and O–H groups in total. The molecule has 0 aromatic rings. The topological polar surface area (TPSA) is 55.8 Å². The number of rotatable bonds is 2. The number of alkyl halides is 3. The van der Waals surface area contributed by atoms with Crippen LogP contribution in [0.4, 0.5) is 18.0 Å². The SMILES string of the molecule is CN1CCCC1CNC(=O)N1CCC(O)(C(F)(F)F)CC1. The number of likely N-dealkylation sites (N-methyl/N-ethyl adjacent to an activating group) is 1. The van der Waals surface area contributed by atoms with Crippen molar-refractivity contribution in [1.29, 1.82) is 0 Å². The molecular formula is C13H22F3N3O2. The Morgan fingerprint density at radius 3 is 2.43 bits per heavy atom. The summed E-state index contributed by atoms with van der Waals surface area (Å²) in [5.74, 6) is 0. The van der Waals surface area contributed by atoms with Crippen LogP contribution in [-0.4, -0.2) is 72.0 Å². The number of nitrogens with zero attached hydrogens (tertiary/aromatic N) is 2. The van der Waals surface area contributed by atoms with E-state index in [1.54, 1.807) is 0 Å². The van der Waals surface area contributed by atoms with Gasteiger partial charge in [-0.15, -0.1) is 0 Å². The van der Waals surface area contributed by atoms with E-state index in [2.05, 4.69) is 10.2 Å². The predicted octanol–water partition coefficient (Wildman–Crippen LogP) is 1.18. The number of nitrogens with one attached hydrogen (secondary N) is 1. The molecule has 0 aromatic heterocycles. The van der Waals surface area contributed by atoms with Crippen LogP contribution in [0, 0.1) is 0 Å². The molecule has 0 aromatic carbocycles. The number of aliphatic hydroxyl groups is 1. The minimum atomic E-state index is -4.64. The van der Waals surface area contributed by atoms with Crippen LogP contribution in [0.3, 0.4) is 0 Å². The van der Waals surface area contributed by atoms with Gasteiger partial charge < -0.3 is 20.2 Å². The van der Waals surface area contributed by atoms with Gasteiger partial charge in [-0.1, -0.05) is 0 Å². The van der Waals surface area contributed by atoms with Gasteiger partial charge in [-0.3, -0.25) is 0 Å². The summed E-state index contributed by atoms with van der Waals surface area (Å²) < 4.78 is 38.0. The molecule has 1 unspecified atom stereocenters. The van der Waals surface area contributed by atoms with Crippen molar-refractivity contribution in [3.8, 4) is 0 Å². The average molecular weight is 309 g/mol. The number of amides is 2. The van der Waals surface area contributed by atoms with Gasteiger partial charge in [-0.25, -0.2) is 4.79 Å². The highest BCUT2D eigenvalue weighted by Crippen LogP contribution is 2.38. The first-order valence-corrected chi connectivity index (χ1v) is 7.25. The van der Waals surface area contributed by atoms with Crippen molar-refractivity contribution in [2.24, 2.45) is 0 Å². The normalized spacial score (nSPS) is 26.9. The van der Waals surface area contributed by atoms with Gasteiger partial charge in [0.15, 0.2) is 5.60 Å². The molecular weight excluding hydrogens is 287 g/mol. The third-order valence-electron chi connectivity index (χ3n) is 4.57. The molecule has 0 radical (unpaired) electrons. The van der Waals surface area contributed by atoms with E-state index in [1.807, 2.05) is 7.05 Å². The zero-order chi connectivity index (χ0) is 15.7. The number of hydrogen-bond donors (Lipinski definition) is 2. The van der Waals surface area contributed by atoms with Crippen LogP contribution in [0.5, 0.6) is 0 Å². The number of halogens is 3. The predicted molar refractivity (Wildman–Crippen MR) is 70.9 cm³/mol. The number of carbonyl (C=O) groups is 1. The minimum absolute atomic E-state index is 0.0810. The lowest BCUT2D eigenvalue weighted by Gasteiger charge is -2.39. The lowest BCUT2D eigenvalue weighted by atomic mass is 9.91. The van der Waals surface area contributed by atoms with Crippen LogP contribution in [0.25, 0.3) is 0 Å². The van der Waals surface area contributed by atoms with Gasteiger partial charge in [0.25, 0.3) is 0 Å². The molecule has 21 heavy (non-hydrogen) atoms. The first-order valence-electron chi connectivity index (χ1n) is 7.25. The Kier molecular flexibility index (Phi) is 4.67. The maximum absolute atomic E-state index is 12.7. The number of carbonyl (C=O) groups excluding carboxylic acids is 1. The molecule has 122 valence electrons. The molecule has 0 aliphatic carbocycles. The summed E-state index contributed by atoms with van der Waals surface area (Å²) in [7, 11) is 1.99. The number of urea groups is 1. The summed E-state index contributed by atoms with van der Waals surface area (Å²) in [6, 6.07) is -0.0506. The van der Waals surface area contributed by atoms with Gasteiger partial charge in [-0.05, 0) is 26.4 Å². The third kappa shape index (κ3) is 3.60. The van der Waals surface area contributed by atoms with E-state index >= 15 is 0 Å². The molecule has 2 heterocycles. The molecule has 2 rings (SSSR count). The van der Waals surface area contributed by atoms with E-state index < -0.39 is 24.6 Å². The van der Waals surface area contributed by atoms with Gasteiger partial charge in [-0.2, -0.15) is 13.2 Å². The largest absolute Gasteiger partial charge is 0.417 e. The van der Waals surface area contributed by atoms with Crippen molar-refractivity contribution in [1.82, 2.24) is 15.1 Å². The maximum Gasteiger partial charge on any atom is 0.417 e. The van der Waals surface area contributed by atoms with Crippen molar-refractivity contribution < 1.29 is 23.1 Å².